The number of aromatic nitrogens is 2. The summed E-state index contributed by atoms with van der Waals surface area (Å²) in [5.74, 6) is -1.97. The summed E-state index contributed by atoms with van der Waals surface area (Å²) in [6, 6.07) is 10.7. The standard InChI is InChI=1S/C22H18F3N3O/c23-16-5-1-3-14(11-16)21-26-9-8-20(27-21)15-4-2-10-28(13-15)22(29)18-12-17(24)6-7-19(18)25/h1,3,5-9,11-12,15H,2,4,10,13H2/t15-/m1/s1. The third-order valence-electron chi connectivity index (χ3n) is 5.05. The van der Waals surface area contributed by atoms with Crippen molar-refractivity contribution in [3.8, 4) is 11.4 Å². The maximum Gasteiger partial charge on any atom is 0.256 e. The van der Waals surface area contributed by atoms with Crippen molar-refractivity contribution < 1.29 is 18.0 Å². The van der Waals surface area contributed by atoms with Crippen molar-refractivity contribution in [2.75, 3.05) is 13.1 Å². The molecule has 0 N–H and O–H groups in total. The van der Waals surface area contributed by atoms with Gasteiger partial charge in [-0.25, -0.2) is 23.1 Å². The summed E-state index contributed by atoms with van der Waals surface area (Å²) in [4.78, 5) is 23.0. The van der Waals surface area contributed by atoms with Crippen molar-refractivity contribution in [3.05, 3.63) is 83.4 Å². The molecule has 1 aliphatic heterocycles. The van der Waals surface area contributed by atoms with Gasteiger partial charge in [0.15, 0.2) is 5.82 Å². The monoisotopic (exact) mass is 397 g/mol. The molecule has 3 aromatic rings. The number of carbonyl (C=O) groups excluding carboxylic acids is 1. The van der Waals surface area contributed by atoms with E-state index in [1.807, 2.05) is 0 Å². The lowest BCUT2D eigenvalue weighted by atomic mass is 9.94. The number of nitrogens with zero attached hydrogens (tertiary/aromatic N) is 3. The van der Waals surface area contributed by atoms with Crippen LogP contribution in [0.1, 0.15) is 34.8 Å². The van der Waals surface area contributed by atoms with E-state index >= 15 is 0 Å². The molecule has 2 aromatic carbocycles. The SMILES string of the molecule is O=C(c1cc(F)ccc1F)N1CCC[C@@H](c2ccnc(-c3cccc(F)c3)n2)C1. The van der Waals surface area contributed by atoms with E-state index in [0.717, 1.165) is 30.3 Å². The average molecular weight is 397 g/mol. The van der Waals surface area contributed by atoms with Gasteiger partial charge in [0.1, 0.15) is 17.5 Å². The lowest BCUT2D eigenvalue weighted by molar-refractivity contribution is 0.0700. The fourth-order valence-electron chi connectivity index (χ4n) is 3.60. The van der Waals surface area contributed by atoms with E-state index in [4.69, 9.17) is 0 Å². The predicted molar refractivity (Wildman–Crippen MR) is 102 cm³/mol. The van der Waals surface area contributed by atoms with Gasteiger partial charge >= 0.3 is 0 Å². The van der Waals surface area contributed by atoms with Crippen LogP contribution in [0.4, 0.5) is 13.2 Å². The zero-order chi connectivity index (χ0) is 20.4. The molecule has 148 valence electrons. The largest absolute Gasteiger partial charge is 0.338 e. The van der Waals surface area contributed by atoms with Crippen LogP contribution in [0.15, 0.2) is 54.7 Å². The molecule has 2 heterocycles. The van der Waals surface area contributed by atoms with Gasteiger partial charge in [-0.15, -0.1) is 0 Å². The van der Waals surface area contributed by atoms with E-state index in [1.165, 1.54) is 17.0 Å². The first-order chi connectivity index (χ1) is 14.0. The van der Waals surface area contributed by atoms with E-state index in [0.29, 0.717) is 30.9 Å². The number of rotatable bonds is 3. The Labute approximate surface area is 166 Å². The van der Waals surface area contributed by atoms with E-state index in [2.05, 4.69) is 9.97 Å². The summed E-state index contributed by atoms with van der Waals surface area (Å²) >= 11 is 0. The van der Waals surface area contributed by atoms with Crippen LogP contribution in [0.3, 0.4) is 0 Å². The molecule has 0 saturated carbocycles. The Kier molecular flexibility index (Phi) is 5.29. The smallest absolute Gasteiger partial charge is 0.256 e. The third kappa shape index (κ3) is 4.13. The molecule has 1 saturated heterocycles. The molecule has 1 aromatic heterocycles. The van der Waals surface area contributed by atoms with Crippen LogP contribution in [-0.4, -0.2) is 33.9 Å². The van der Waals surface area contributed by atoms with Crippen LogP contribution in [0.25, 0.3) is 11.4 Å². The Hall–Kier alpha value is -3.22. The van der Waals surface area contributed by atoms with E-state index in [9.17, 15) is 18.0 Å². The molecular weight excluding hydrogens is 379 g/mol. The minimum atomic E-state index is -0.742. The molecule has 4 nitrogen and oxygen atoms in total. The number of likely N-dealkylation sites (tertiary alicyclic amines) is 1. The highest BCUT2D eigenvalue weighted by atomic mass is 19.1. The van der Waals surface area contributed by atoms with Gasteiger partial charge in [-0.05, 0) is 49.2 Å². The van der Waals surface area contributed by atoms with Crippen molar-refractivity contribution in [3.63, 3.8) is 0 Å². The summed E-state index contributed by atoms with van der Waals surface area (Å²) in [7, 11) is 0. The van der Waals surface area contributed by atoms with Crippen molar-refractivity contribution in [2.45, 2.75) is 18.8 Å². The van der Waals surface area contributed by atoms with Gasteiger partial charge in [0, 0.05) is 36.5 Å². The Morgan fingerprint density at radius 2 is 1.86 bits per heavy atom. The molecule has 29 heavy (non-hydrogen) atoms. The second-order valence-electron chi connectivity index (χ2n) is 7.03. The molecule has 0 bridgehead atoms. The highest BCUT2D eigenvalue weighted by molar-refractivity contribution is 5.94. The first-order valence-electron chi connectivity index (χ1n) is 9.34. The molecule has 1 aliphatic rings. The molecule has 1 amide bonds. The normalized spacial score (nSPS) is 16.7. The summed E-state index contributed by atoms with van der Waals surface area (Å²) in [5, 5.41) is 0. The fraction of sp³-hybridized carbons (Fsp3) is 0.227. The summed E-state index contributed by atoms with van der Waals surface area (Å²) in [6.07, 6.45) is 3.12. The molecular formula is C22H18F3N3O. The first kappa shape index (κ1) is 19.1. The Morgan fingerprint density at radius 1 is 1.03 bits per heavy atom. The Balaban J connectivity index is 1.56. The van der Waals surface area contributed by atoms with Gasteiger partial charge in [0.2, 0.25) is 0 Å². The minimum absolute atomic E-state index is 0.0698. The number of hydrogen-bond donors (Lipinski definition) is 0. The quantitative estimate of drug-likeness (QED) is 0.650. The molecule has 0 radical (unpaired) electrons. The van der Waals surface area contributed by atoms with Gasteiger partial charge in [0.05, 0.1) is 5.56 Å². The van der Waals surface area contributed by atoms with Gasteiger partial charge in [-0.2, -0.15) is 0 Å². The van der Waals surface area contributed by atoms with Crippen LogP contribution in [-0.2, 0) is 0 Å². The lowest BCUT2D eigenvalue weighted by Gasteiger charge is -2.32. The van der Waals surface area contributed by atoms with Crippen molar-refractivity contribution in [1.29, 1.82) is 0 Å². The minimum Gasteiger partial charge on any atom is -0.338 e. The highest BCUT2D eigenvalue weighted by Gasteiger charge is 2.28. The number of piperidine rings is 1. The predicted octanol–water partition coefficient (Wildman–Crippen LogP) is 4.58. The average Bonchev–Trinajstić information content (AvgIpc) is 2.75. The Bertz CT molecular complexity index is 1060. The van der Waals surface area contributed by atoms with Gasteiger partial charge in [-0.3, -0.25) is 4.79 Å². The molecule has 4 rings (SSSR count). The van der Waals surface area contributed by atoms with E-state index < -0.39 is 17.5 Å². The maximum absolute atomic E-state index is 14.0. The first-order valence-corrected chi connectivity index (χ1v) is 9.34. The van der Waals surface area contributed by atoms with Crippen molar-refractivity contribution in [2.24, 2.45) is 0 Å². The molecule has 0 unspecified atom stereocenters. The fourth-order valence-corrected chi connectivity index (χ4v) is 3.60. The maximum atomic E-state index is 14.0. The second-order valence-corrected chi connectivity index (χ2v) is 7.03. The van der Waals surface area contributed by atoms with Crippen molar-refractivity contribution >= 4 is 5.91 Å². The van der Waals surface area contributed by atoms with Gasteiger partial charge in [0.25, 0.3) is 5.91 Å². The van der Waals surface area contributed by atoms with Gasteiger partial charge in [-0.1, -0.05) is 12.1 Å². The van der Waals surface area contributed by atoms with Crippen LogP contribution >= 0.6 is 0 Å². The number of amides is 1. The van der Waals surface area contributed by atoms with E-state index in [1.54, 1.807) is 24.4 Å². The summed E-state index contributed by atoms with van der Waals surface area (Å²) in [5.41, 5.74) is 1.03. The van der Waals surface area contributed by atoms with Crippen LogP contribution in [0, 0.1) is 17.5 Å². The topological polar surface area (TPSA) is 46.1 Å². The van der Waals surface area contributed by atoms with E-state index in [-0.39, 0.29) is 17.3 Å². The zero-order valence-electron chi connectivity index (χ0n) is 15.5. The molecule has 1 atom stereocenters. The summed E-state index contributed by atoms with van der Waals surface area (Å²) in [6.45, 7) is 0.807. The molecule has 0 spiro atoms. The molecule has 0 aliphatic carbocycles. The molecule has 7 heteroatoms. The lowest BCUT2D eigenvalue weighted by Crippen LogP contribution is -2.39. The van der Waals surface area contributed by atoms with Crippen LogP contribution in [0.5, 0.6) is 0 Å². The summed E-state index contributed by atoms with van der Waals surface area (Å²) < 4.78 is 41.0. The number of benzene rings is 2. The second kappa shape index (κ2) is 8.03. The zero-order valence-corrected chi connectivity index (χ0v) is 15.5. The van der Waals surface area contributed by atoms with Crippen LogP contribution < -0.4 is 0 Å². The number of hydrogen-bond acceptors (Lipinski definition) is 3. The van der Waals surface area contributed by atoms with Crippen LogP contribution in [0.2, 0.25) is 0 Å². The highest BCUT2D eigenvalue weighted by Crippen LogP contribution is 2.28. The number of halogens is 3. The van der Waals surface area contributed by atoms with Gasteiger partial charge < -0.3 is 4.90 Å². The Morgan fingerprint density at radius 3 is 2.69 bits per heavy atom. The molecule has 1 fully saturated rings. The third-order valence-corrected chi connectivity index (χ3v) is 5.05. The number of carbonyl (C=O) groups is 1. The van der Waals surface area contributed by atoms with Crippen molar-refractivity contribution in [1.82, 2.24) is 14.9 Å².